The molecule has 0 unspecified atom stereocenters. The van der Waals surface area contributed by atoms with Crippen LogP contribution in [0.5, 0.6) is 0 Å². The summed E-state index contributed by atoms with van der Waals surface area (Å²) in [5, 5.41) is 6.52. The number of aromatic nitrogens is 2. The van der Waals surface area contributed by atoms with E-state index in [0.717, 1.165) is 37.8 Å². The predicted molar refractivity (Wildman–Crippen MR) is 83.8 cm³/mol. The minimum atomic E-state index is -4.38. The molecule has 1 saturated heterocycles. The Morgan fingerprint density at radius 1 is 1.30 bits per heavy atom. The van der Waals surface area contributed by atoms with E-state index in [1.54, 1.807) is 10.6 Å². The van der Waals surface area contributed by atoms with E-state index in [4.69, 9.17) is 0 Å². The number of imidazole rings is 1. The first-order valence-corrected chi connectivity index (χ1v) is 7.91. The summed E-state index contributed by atoms with van der Waals surface area (Å²) in [6.07, 6.45) is 0.205. The molecule has 1 aliphatic heterocycles. The smallest absolute Gasteiger partial charge is 0.379 e. The van der Waals surface area contributed by atoms with Crippen molar-refractivity contribution in [3.63, 3.8) is 0 Å². The van der Waals surface area contributed by atoms with E-state index < -0.39 is 11.7 Å². The van der Waals surface area contributed by atoms with Gasteiger partial charge in [0.25, 0.3) is 0 Å². The molecule has 0 aromatic carbocycles. The number of rotatable bonds is 3. The molecule has 0 bridgehead atoms. The Kier molecular flexibility index (Phi) is 4.23. The second-order valence-electron chi connectivity index (χ2n) is 6.34. The van der Waals surface area contributed by atoms with Crippen LogP contribution in [0.25, 0.3) is 5.65 Å². The Balaban J connectivity index is 2.07. The topological polar surface area (TPSA) is 41.4 Å². The molecule has 0 spiro atoms. The van der Waals surface area contributed by atoms with Crippen molar-refractivity contribution in [1.82, 2.24) is 14.7 Å². The third kappa shape index (κ3) is 3.29. The molecule has 126 valence electrons. The zero-order chi connectivity index (χ0) is 16.6. The minimum Gasteiger partial charge on any atom is -0.379 e. The van der Waals surface area contributed by atoms with Gasteiger partial charge >= 0.3 is 6.18 Å². The predicted octanol–water partition coefficient (Wildman–Crippen LogP) is 3.64. The van der Waals surface area contributed by atoms with Crippen molar-refractivity contribution in [2.45, 2.75) is 44.8 Å². The quantitative estimate of drug-likeness (QED) is 0.905. The first-order chi connectivity index (χ1) is 10.9. The number of piperidine rings is 1. The van der Waals surface area contributed by atoms with Crippen LogP contribution in [-0.2, 0) is 6.18 Å². The number of nitrogens with one attached hydrogen (secondary N) is 2. The Morgan fingerprint density at radius 2 is 2.00 bits per heavy atom. The second kappa shape index (κ2) is 6.03. The van der Waals surface area contributed by atoms with Gasteiger partial charge in [0.1, 0.15) is 0 Å². The molecule has 1 aliphatic rings. The summed E-state index contributed by atoms with van der Waals surface area (Å²) in [4.78, 5) is 4.35. The van der Waals surface area contributed by atoms with E-state index >= 15 is 0 Å². The Labute approximate surface area is 133 Å². The monoisotopic (exact) mass is 326 g/mol. The lowest BCUT2D eigenvalue weighted by molar-refractivity contribution is -0.137. The van der Waals surface area contributed by atoms with E-state index in [1.165, 1.54) is 6.07 Å². The number of hydrogen-bond donors (Lipinski definition) is 2. The molecule has 3 heterocycles. The van der Waals surface area contributed by atoms with Crippen molar-refractivity contribution in [2.24, 2.45) is 0 Å². The second-order valence-corrected chi connectivity index (χ2v) is 6.34. The lowest BCUT2D eigenvalue weighted by Gasteiger charge is -2.25. The van der Waals surface area contributed by atoms with Gasteiger partial charge in [-0.05, 0) is 37.9 Å². The van der Waals surface area contributed by atoms with E-state index in [0.29, 0.717) is 11.3 Å². The molecule has 7 heteroatoms. The highest BCUT2D eigenvalue weighted by Crippen LogP contribution is 2.34. The standard InChI is InChI=1S/C16H21F3N4/c1-10(2)14-8-21-15-13(22-12-3-5-20-6-4-12)7-11(9-23(14)15)16(17,18)19/h7-10,12,20,22H,3-6H2,1-2H3. The molecule has 0 radical (unpaired) electrons. The summed E-state index contributed by atoms with van der Waals surface area (Å²) in [7, 11) is 0. The fourth-order valence-corrected chi connectivity index (χ4v) is 2.98. The highest BCUT2D eigenvalue weighted by molar-refractivity contribution is 5.69. The fraction of sp³-hybridized carbons (Fsp3) is 0.562. The fourth-order valence-electron chi connectivity index (χ4n) is 2.98. The highest BCUT2D eigenvalue weighted by Gasteiger charge is 2.32. The van der Waals surface area contributed by atoms with Gasteiger partial charge in [-0.25, -0.2) is 4.98 Å². The molecule has 2 N–H and O–H groups in total. The SMILES string of the molecule is CC(C)c1cnc2c(NC3CCNCC3)cc(C(F)(F)F)cn12. The molecule has 0 saturated carbocycles. The average Bonchev–Trinajstić information content (AvgIpc) is 2.91. The van der Waals surface area contributed by atoms with E-state index in [-0.39, 0.29) is 12.0 Å². The number of anilines is 1. The lowest BCUT2D eigenvalue weighted by atomic mass is 10.1. The first-order valence-electron chi connectivity index (χ1n) is 7.91. The molecule has 3 rings (SSSR count). The van der Waals surface area contributed by atoms with Gasteiger partial charge in [0.15, 0.2) is 5.65 Å². The Bertz CT molecular complexity index is 684. The van der Waals surface area contributed by atoms with Gasteiger partial charge in [0, 0.05) is 24.1 Å². The van der Waals surface area contributed by atoms with Crippen LogP contribution in [0.2, 0.25) is 0 Å². The summed E-state index contributed by atoms with van der Waals surface area (Å²) in [6, 6.07) is 1.34. The zero-order valence-electron chi connectivity index (χ0n) is 13.2. The average molecular weight is 326 g/mol. The normalized spacial score (nSPS) is 17.1. The molecular weight excluding hydrogens is 305 g/mol. The molecule has 0 amide bonds. The first kappa shape index (κ1) is 16.1. The van der Waals surface area contributed by atoms with E-state index in [1.807, 2.05) is 13.8 Å². The number of hydrogen-bond acceptors (Lipinski definition) is 3. The van der Waals surface area contributed by atoms with Crippen molar-refractivity contribution < 1.29 is 13.2 Å². The third-order valence-electron chi connectivity index (χ3n) is 4.25. The van der Waals surface area contributed by atoms with Crippen molar-refractivity contribution >= 4 is 11.3 Å². The number of alkyl halides is 3. The van der Waals surface area contributed by atoms with Gasteiger partial charge in [-0.2, -0.15) is 13.2 Å². The van der Waals surface area contributed by atoms with E-state index in [2.05, 4.69) is 15.6 Å². The molecule has 0 aliphatic carbocycles. The van der Waals surface area contributed by atoms with Crippen LogP contribution in [0, 0.1) is 0 Å². The maximum atomic E-state index is 13.2. The number of fused-ring (bicyclic) bond motifs is 1. The van der Waals surface area contributed by atoms with Crippen LogP contribution in [0.4, 0.5) is 18.9 Å². The van der Waals surface area contributed by atoms with Crippen molar-refractivity contribution in [2.75, 3.05) is 18.4 Å². The molecule has 1 fully saturated rings. The zero-order valence-corrected chi connectivity index (χ0v) is 13.2. The maximum absolute atomic E-state index is 13.2. The highest BCUT2D eigenvalue weighted by atomic mass is 19.4. The van der Waals surface area contributed by atoms with Gasteiger partial charge in [0.05, 0.1) is 11.3 Å². The van der Waals surface area contributed by atoms with Crippen LogP contribution in [0.1, 0.15) is 43.9 Å². The largest absolute Gasteiger partial charge is 0.417 e. The maximum Gasteiger partial charge on any atom is 0.417 e. The van der Waals surface area contributed by atoms with Crippen molar-refractivity contribution in [3.8, 4) is 0 Å². The number of nitrogens with zero attached hydrogens (tertiary/aromatic N) is 2. The summed E-state index contributed by atoms with van der Waals surface area (Å²) >= 11 is 0. The van der Waals surface area contributed by atoms with Gasteiger partial charge in [-0.1, -0.05) is 13.8 Å². The van der Waals surface area contributed by atoms with Crippen LogP contribution in [0.15, 0.2) is 18.5 Å². The minimum absolute atomic E-state index is 0.0974. The molecule has 23 heavy (non-hydrogen) atoms. The molecule has 4 nitrogen and oxygen atoms in total. The Morgan fingerprint density at radius 3 is 2.61 bits per heavy atom. The van der Waals surface area contributed by atoms with Gasteiger partial charge in [0.2, 0.25) is 0 Å². The number of halogens is 3. The molecule has 0 atom stereocenters. The van der Waals surface area contributed by atoms with E-state index in [9.17, 15) is 13.2 Å². The summed E-state index contributed by atoms with van der Waals surface area (Å²) in [5.74, 6) is 0.0974. The molecule has 2 aromatic rings. The summed E-state index contributed by atoms with van der Waals surface area (Å²) in [6.45, 7) is 5.64. The van der Waals surface area contributed by atoms with Gasteiger partial charge in [-0.15, -0.1) is 0 Å². The Hall–Kier alpha value is -1.76. The van der Waals surface area contributed by atoms with Crippen molar-refractivity contribution in [3.05, 3.63) is 29.7 Å². The van der Waals surface area contributed by atoms with Crippen molar-refractivity contribution in [1.29, 1.82) is 0 Å². The lowest BCUT2D eigenvalue weighted by Crippen LogP contribution is -2.35. The van der Waals surface area contributed by atoms with Crippen LogP contribution in [-0.4, -0.2) is 28.5 Å². The van der Waals surface area contributed by atoms with Crippen LogP contribution in [0.3, 0.4) is 0 Å². The summed E-state index contributed by atoms with van der Waals surface area (Å²) in [5.41, 5.74) is 1.14. The molecule has 2 aromatic heterocycles. The summed E-state index contributed by atoms with van der Waals surface area (Å²) < 4.78 is 41.3. The van der Waals surface area contributed by atoms with Crippen LogP contribution < -0.4 is 10.6 Å². The van der Waals surface area contributed by atoms with Gasteiger partial charge in [-0.3, -0.25) is 0 Å². The molecular formula is C16H21F3N4. The third-order valence-corrected chi connectivity index (χ3v) is 4.25. The number of pyridine rings is 1. The van der Waals surface area contributed by atoms with Crippen LogP contribution >= 0.6 is 0 Å². The van der Waals surface area contributed by atoms with Gasteiger partial charge < -0.3 is 15.0 Å².